The highest BCUT2D eigenvalue weighted by Crippen LogP contribution is 2.24. The highest BCUT2D eigenvalue weighted by Gasteiger charge is 2.33. The molecule has 1 unspecified atom stereocenters. The second kappa shape index (κ2) is 8.93. The lowest BCUT2D eigenvalue weighted by Crippen LogP contribution is -2.54. The molecule has 11 heteroatoms. The van der Waals surface area contributed by atoms with Crippen molar-refractivity contribution in [2.45, 2.75) is 17.9 Å². The fourth-order valence-corrected chi connectivity index (χ4v) is 5.60. The third-order valence-electron chi connectivity index (χ3n) is 4.99. The Bertz CT molecular complexity index is 1100. The average molecular weight is 448 g/mol. The molecule has 1 fully saturated rings. The van der Waals surface area contributed by atoms with Crippen molar-refractivity contribution in [2.24, 2.45) is 5.73 Å². The molecule has 1 aromatic heterocycles. The number of nitrogens with two attached hydrogens (primary N) is 1. The Balaban J connectivity index is 1.65. The standard InChI is InChI=1S/C19H21N5O4S2/c1-13(18(26)22-19-15(17(21)25)6-11-29-19)23-7-9-24(10-8-23)30(27,28)16-5-3-2-4-14(16)12-20/h2-6,11,13H,7-10H2,1H3,(H2,21,25)(H,22,26). The molecule has 1 atom stereocenters. The van der Waals surface area contributed by atoms with Gasteiger partial charge in [0.15, 0.2) is 0 Å². The van der Waals surface area contributed by atoms with Gasteiger partial charge in [-0.25, -0.2) is 8.42 Å². The summed E-state index contributed by atoms with van der Waals surface area (Å²) in [6, 6.07) is 9.04. The molecule has 0 radical (unpaired) electrons. The predicted molar refractivity (Wildman–Crippen MR) is 112 cm³/mol. The number of thiophene rings is 1. The van der Waals surface area contributed by atoms with Crippen molar-refractivity contribution >= 4 is 38.2 Å². The van der Waals surface area contributed by atoms with E-state index in [9.17, 15) is 23.3 Å². The monoisotopic (exact) mass is 447 g/mol. The van der Waals surface area contributed by atoms with Gasteiger partial charge in [-0.2, -0.15) is 9.57 Å². The van der Waals surface area contributed by atoms with E-state index >= 15 is 0 Å². The summed E-state index contributed by atoms with van der Waals surface area (Å²) >= 11 is 1.21. The number of rotatable bonds is 6. The minimum absolute atomic E-state index is 0.0107. The van der Waals surface area contributed by atoms with Crippen molar-refractivity contribution in [1.82, 2.24) is 9.21 Å². The van der Waals surface area contributed by atoms with E-state index in [0.717, 1.165) is 0 Å². The molecule has 0 bridgehead atoms. The topological polar surface area (TPSA) is 137 Å². The minimum atomic E-state index is -3.80. The number of hydrogen-bond acceptors (Lipinski definition) is 7. The number of sulfonamides is 1. The largest absolute Gasteiger partial charge is 0.366 e. The zero-order chi connectivity index (χ0) is 21.9. The summed E-state index contributed by atoms with van der Waals surface area (Å²) in [5.74, 6) is -0.915. The van der Waals surface area contributed by atoms with Crippen molar-refractivity contribution in [2.75, 3.05) is 31.5 Å². The van der Waals surface area contributed by atoms with Gasteiger partial charge in [0.2, 0.25) is 15.9 Å². The summed E-state index contributed by atoms with van der Waals surface area (Å²) in [6.45, 7) is 2.84. The van der Waals surface area contributed by atoms with E-state index in [0.29, 0.717) is 18.1 Å². The van der Waals surface area contributed by atoms with Crippen LogP contribution >= 0.6 is 11.3 Å². The summed E-state index contributed by atoms with van der Waals surface area (Å²) in [4.78, 5) is 25.9. The molecule has 0 aliphatic carbocycles. The van der Waals surface area contributed by atoms with Crippen molar-refractivity contribution < 1.29 is 18.0 Å². The highest BCUT2D eigenvalue weighted by molar-refractivity contribution is 7.89. The first-order valence-electron chi connectivity index (χ1n) is 9.17. The number of carbonyl (C=O) groups is 2. The first kappa shape index (κ1) is 21.9. The van der Waals surface area contributed by atoms with Crippen molar-refractivity contribution in [3.05, 3.63) is 46.8 Å². The summed E-state index contributed by atoms with van der Waals surface area (Å²) in [7, 11) is -3.80. The van der Waals surface area contributed by atoms with Gasteiger partial charge in [0, 0.05) is 26.2 Å². The van der Waals surface area contributed by atoms with Gasteiger partial charge in [-0.3, -0.25) is 14.5 Å². The molecule has 1 aromatic carbocycles. The average Bonchev–Trinajstić information content (AvgIpc) is 3.21. The quantitative estimate of drug-likeness (QED) is 0.679. The lowest BCUT2D eigenvalue weighted by atomic mass is 10.2. The van der Waals surface area contributed by atoms with Crippen LogP contribution in [0.15, 0.2) is 40.6 Å². The number of carbonyl (C=O) groups excluding carboxylic acids is 2. The number of nitrogens with one attached hydrogen (secondary N) is 1. The van der Waals surface area contributed by atoms with E-state index in [-0.39, 0.29) is 35.0 Å². The first-order chi connectivity index (χ1) is 14.3. The van der Waals surface area contributed by atoms with Crippen LogP contribution in [0.5, 0.6) is 0 Å². The molecule has 9 nitrogen and oxygen atoms in total. The number of benzene rings is 1. The Kier molecular flexibility index (Phi) is 6.52. The van der Waals surface area contributed by atoms with Crippen LogP contribution in [0.2, 0.25) is 0 Å². The van der Waals surface area contributed by atoms with Gasteiger partial charge in [0.25, 0.3) is 5.91 Å². The van der Waals surface area contributed by atoms with Crippen LogP contribution in [0.3, 0.4) is 0 Å². The zero-order valence-electron chi connectivity index (χ0n) is 16.2. The maximum atomic E-state index is 12.9. The summed E-state index contributed by atoms with van der Waals surface area (Å²) in [5.41, 5.74) is 5.66. The Morgan fingerprint density at radius 2 is 1.87 bits per heavy atom. The van der Waals surface area contributed by atoms with E-state index < -0.39 is 22.0 Å². The third kappa shape index (κ3) is 4.36. The summed E-state index contributed by atoms with van der Waals surface area (Å²) < 4.78 is 27.2. The van der Waals surface area contributed by atoms with Gasteiger partial charge in [-0.1, -0.05) is 12.1 Å². The van der Waals surface area contributed by atoms with Crippen LogP contribution in [0.4, 0.5) is 5.00 Å². The SMILES string of the molecule is CC(C(=O)Nc1sccc1C(N)=O)N1CCN(S(=O)(=O)c2ccccc2C#N)CC1. The molecule has 30 heavy (non-hydrogen) atoms. The Labute approximate surface area is 178 Å². The maximum absolute atomic E-state index is 12.9. The second-order valence-electron chi connectivity index (χ2n) is 6.74. The van der Waals surface area contributed by atoms with Crippen LogP contribution in [0.25, 0.3) is 0 Å². The number of amides is 2. The van der Waals surface area contributed by atoms with Gasteiger partial charge < -0.3 is 11.1 Å². The minimum Gasteiger partial charge on any atom is -0.366 e. The molecule has 3 rings (SSSR count). The molecular weight excluding hydrogens is 426 g/mol. The number of hydrogen-bond donors (Lipinski definition) is 2. The number of nitrogens with zero attached hydrogens (tertiary/aromatic N) is 3. The van der Waals surface area contributed by atoms with Crippen LogP contribution in [0.1, 0.15) is 22.8 Å². The van der Waals surface area contributed by atoms with Crippen LogP contribution in [0, 0.1) is 11.3 Å². The molecule has 2 amide bonds. The van der Waals surface area contributed by atoms with Crippen LogP contribution in [-0.2, 0) is 14.8 Å². The van der Waals surface area contributed by atoms with Crippen LogP contribution < -0.4 is 11.1 Å². The van der Waals surface area contributed by atoms with E-state index in [1.54, 1.807) is 30.5 Å². The predicted octanol–water partition coefficient (Wildman–Crippen LogP) is 1.05. The highest BCUT2D eigenvalue weighted by atomic mass is 32.2. The van der Waals surface area contributed by atoms with E-state index in [1.165, 1.54) is 27.8 Å². The van der Waals surface area contributed by atoms with E-state index in [4.69, 9.17) is 5.73 Å². The molecule has 1 saturated heterocycles. The summed E-state index contributed by atoms with van der Waals surface area (Å²) in [6.07, 6.45) is 0. The molecule has 0 spiro atoms. The fourth-order valence-electron chi connectivity index (χ4n) is 3.24. The molecule has 1 aliphatic rings. The Hall–Kier alpha value is -2.78. The lowest BCUT2D eigenvalue weighted by molar-refractivity contribution is -0.121. The van der Waals surface area contributed by atoms with Gasteiger partial charge in [0.05, 0.1) is 22.1 Å². The molecule has 2 heterocycles. The first-order valence-corrected chi connectivity index (χ1v) is 11.5. The summed E-state index contributed by atoms with van der Waals surface area (Å²) in [5, 5.41) is 14.0. The molecule has 158 valence electrons. The molecule has 2 aromatic rings. The van der Waals surface area contributed by atoms with Crippen LogP contribution in [-0.4, -0.2) is 61.7 Å². The third-order valence-corrected chi connectivity index (χ3v) is 7.78. The van der Waals surface area contributed by atoms with Gasteiger partial charge in [-0.05, 0) is 30.5 Å². The molecule has 0 saturated carbocycles. The normalized spacial score (nSPS) is 16.5. The van der Waals surface area contributed by atoms with Crippen molar-refractivity contribution in [3.8, 4) is 6.07 Å². The number of piperazine rings is 1. The molecule has 1 aliphatic heterocycles. The van der Waals surface area contributed by atoms with Gasteiger partial charge >= 0.3 is 0 Å². The Morgan fingerprint density at radius 1 is 1.20 bits per heavy atom. The van der Waals surface area contributed by atoms with Gasteiger partial charge in [-0.15, -0.1) is 11.3 Å². The zero-order valence-corrected chi connectivity index (χ0v) is 17.9. The molecule has 3 N–H and O–H groups in total. The fraction of sp³-hybridized carbons (Fsp3) is 0.316. The second-order valence-corrected chi connectivity index (χ2v) is 9.56. The smallest absolute Gasteiger partial charge is 0.251 e. The van der Waals surface area contributed by atoms with Crippen molar-refractivity contribution in [1.29, 1.82) is 5.26 Å². The lowest BCUT2D eigenvalue weighted by Gasteiger charge is -2.36. The van der Waals surface area contributed by atoms with Gasteiger partial charge in [0.1, 0.15) is 11.1 Å². The van der Waals surface area contributed by atoms with Crippen molar-refractivity contribution in [3.63, 3.8) is 0 Å². The van der Waals surface area contributed by atoms with E-state index in [1.807, 2.05) is 11.0 Å². The number of anilines is 1. The van der Waals surface area contributed by atoms with E-state index in [2.05, 4.69) is 5.32 Å². The Morgan fingerprint density at radius 3 is 2.50 bits per heavy atom. The molecular formula is C19H21N5O4S2. The number of nitriles is 1. The maximum Gasteiger partial charge on any atom is 0.251 e. The number of primary amides is 1.